The lowest BCUT2D eigenvalue weighted by Gasteiger charge is -2.20. The van der Waals surface area contributed by atoms with Gasteiger partial charge in [0.15, 0.2) is 5.82 Å². The predicted octanol–water partition coefficient (Wildman–Crippen LogP) is 3.23. The molecule has 0 radical (unpaired) electrons. The van der Waals surface area contributed by atoms with Crippen molar-refractivity contribution in [1.82, 2.24) is 9.97 Å². The monoisotopic (exact) mass is 351 g/mol. The van der Waals surface area contributed by atoms with E-state index in [9.17, 15) is 10.4 Å². The molecule has 3 rings (SSSR count). The molecule has 1 aromatic carbocycles. The quantitative estimate of drug-likeness (QED) is 0.730. The molecule has 0 bridgehead atoms. The molecule has 1 heterocycles. The fraction of sp³-hybridized carbons (Fsp3) is 0.450. The van der Waals surface area contributed by atoms with Crippen molar-refractivity contribution in [3.05, 3.63) is 35.0 Å². The molecule has 2 unspecified atom stereocenters. The second-order valence-corrected chi connectivity index (χ2v) is 7.14. The summed E-state index contributed by atoms with van der Waals surface area (Å²) in [5, 5.41) is 19.8. The maximum absolute atomic E-state index is 10.2. The number of anilines is 1. The number of aromatic hydroxyl groups is 1. The van der Waals surface area contributed by atoms with Gasteiger partial charge < -0.3 is 16.6 Å². The van der Waals surface area contributed by atoms with E-state index in [1.165, 1.54) is 0 Å². The third-order valence-electron chi connectivity index (χ3n) is 5.22. The summed E-state index contributed by atoms with van der Waals surface area (Å²) >= 11 is 0. The first-order valence-corrected chi connectivity index (χ1v) is 9.11. The lowest BCUT2D eigenvalue weighted by atomic mass is 9.88. The number of hydrogen-bond donors (Lipinski definition) is 3. The smallest absolute Gasteiger partial charge is 0.165 e. The Morgan fingerprint density at radius 3 is 2.77 bits per heavy atom. The summed E-state index contributed by atoms with van der Waals surface area (Å²) < 4.78 is 0. The van der Waals surface area contributed by atoms with Crippen molar-refractivity contribution in [2.75, 3.05) is 12.3 Å². The van der Waals surface area contributed by atoms with Gasteiger partial charge >= 0.3 is 0 Å². The van der Waals surface area contributed by atoms with E-state index in [0.717, 1.165) is 37.7 Å². The van der Waals surface area contributed by atoms with Gasteiger partial charge in [-0.05, 0) is 50.8 Å². The molecule has 5 N–H and O–H groups in total. The number of benzene rings is 1. The number of aromatic nitrogens is 2. The van der Waals surface area contributed by atoms with Gasteiger partial charge in [0.05, 0.1) is 11.3 Å². The first-order valence-electron chi connectivity index (χ1n) is 9.11. The summed E-state index contributed by atoms with van der Waals surface area (Å²) in [6.45, 7) is 2.58. The number of nitrogens with two attached hydrogens (primary N) is 2. The first kappa shape index (κ1) is 18.2. The van der Waals surface area contributed by atoms with Gasteiger partial charge in [0, 0.05) is 5.92 Å². The number of nitriles is 1. The van der Waals surface area contributed by atoms with Crippen LogP contribution in [-0.4, -0.2) is 21.6 Å². The van der Waals surface area contributed by atoms with Crippen LogP contribution in [0.5, 0.6) is 5.75 Å². The molecule has 6 nitrogen and oxygen atoms in total. The molecule has 2 aromatic rings. The summed E-state index contributed by atoms with van der Waals surface area (Å²) in [7, 11) is 0. The molecule has 1 aliphatic rings. The Bertz CT molecular complexity index is 843. The van der Waals surface area contributed by atoms with Crippen LogP contribution in [0.15, 0.2) is 18.2 Å². The number of hydrogen-bond acceptors (Lipinski definition) is 6. The van der Waals surface area contributed by atoms with Crippen LogP contribution in [0.4, 0.5) is 5.82 Å². The molecule has 6 heteroatoms. The number of nitrogens with zero attached hydrogens (tertiary/aromatic N) is 3. The highest BCUT2D eigenvalue weighted by Crippen LogP contribution is 2.37. The Morgan fingerprint density at radius 1 is 1.27 bits per heavy atom. The lowest BCUT2D eigenvalue weighted by molar-refractivity contribution is 0.439. The molecule has 0 spiro atoms. The van der Waals surface area contributed by atoms with Crippen molar-refractivity contribution < 1.29 is 5.11 Å². The third kappa shape index (κ3) is 3.63. The molecular weight excluding hydrogens is 326 g/mol. The van der Waals surface area contributed by atoms with Crippen LogP contribution < -0.4 is 11.5 Å². The van der Waals surface area contributed by atoms with Crippen molar-refractivity contribution in [1.29, 1.82) is 5.26 Å². The fourth-order valence-electron chi connectivity index (χ4n) is 3.78. The van der Waals surface area contributed by atoms with Crippen LogP contribution in [0.25, 0.3) is 11.4 Å². The van der Waals surface area contributed by atoms with E-state index in [1.807, 2.05) is 19.1 Å². The van der Waals surface area contributed by atoms with Crippen LogP contribution in [0.1, 0.15) is 54.8 Å². The van der Waals surface area contributed by atoms with Gasteiger partial charge in [0.25, 0.3) is 0 Å². The van der Waals surface area contributed by atoms with Gasteiger partial charge in [-0.15, -0.1) is 0 Å². The molecule has 2 atom stereocenters. The van der Waals surface area contributed by atoms with Gasteiger partial charge in [0.1, 0.15) is 23.2 Å². The zero-order chi connectivity index (χ0) is 18.7. The Morgan fingerprint density at radius 2 is 2.04 bits per heavy atom. The molecule has 1 aliphatic carbocycles. The van der Waals surface area contributed by atoms with Gasteiger partial charge in [0.2, 0.25) is 0 Å². The molecule has 0 aliphatic heterocycles. The maximum Gasteiger partial charge on any atom is 0.165 e. The standard InChI is InChI=1S/C20H25N5O/c1-12-6-7-17(26)15(8-12)20-24-18(16(11-22)19(23)25-20)14-5-3-2-4-13(9-14)10-21/h6-8,13-14,26H,2-5,9-10,21H2,1H3,(H2,23,24,25). The number of rotatable bonds is 3. The van der Waals surface area contributed by atoms with Crippen molar-refractivity contribution in [3.8, 4) is 23.2 Å². The second kappa shape index (κ2) is 7.71. The minimum Gasteiger partial charge on any atom is -0.507 e. The Hall–Kier alpha value is -2.65. The molecule has 1 aromatic heterocycles. The van der Waals surface area contributed by atoms with Gasteiger partial charge in [-0.1, -0.05) is 24.5 Å². The second-order valence-electron chi connectivity index (χ2n) is 7.14. The van der Waals surface area contributed by atoms with E-state index >= 15 is 0 Å². The van der Waals surface area contributed by atoms with E-state index in [4.69, 9.17) is 16.5 Å². The zero-order valence-electron chi connectivity index (χ0n) is 15.1. The Kier molecular flexibility index (Phi) is 5.38. The highest BCUT2D eigenvalue weighted by atomic mass is 16.3. The topological polar surface area (TPSA) is 122 Å². The van der Waals surface area contributed by atoms with E-state index < -0.39 is 0 Å². The van der Waals surface area contributed by atoms with E-state index in [0.29, 0.717) is 35.1 Å². The summed E-state index contributed by atoms with van der Waals surface area (Å²) in [5.74, 6) is 1.21. The number of aryl methyl sites for hydroxylation is 1. The van der Waals surface area contributed by atoms with Gasteiger partial charge in [-0.25, -0.2) is 9.97 Å². The number of phenols is 1. The molecule has 0 saturated heterocycles. The van der Waals surface area contributed by atoms with Crippen LogP contribution in [0.2, 0.25) is 0 Å². The molecule has 26 heavy (non-hydrogen) atoms. The molecule has 136 valence electrons. The number of nitrogen functional groups attached to an aromatic ring is 1. The summed E-state index contributed by atoms with van der Waals surface area (Å²) in [5.41, 5.74) is 14.6. The molecular formula is C20H25N5O. The van der Waals surface area contributed by atoms with E-state index in [-0.39, 0.29) is 17.5 Å². The highest BCUT2D eigenvalue weighted by Gasteiger charge is 2.26. The molecule has 0 amide bonds. The van der Waals surface area contributed by atoms with Crippen molar-refractivity contribution in [2.24, 2.45) is 11.7 Å². The normalized spacial score (nSPS) is 20.3. The van der Waals surface area contributed by atoms with Crippen LogP contribution in [0.3, 0.4) is 0 Å². The summed E-state index contributed by atoms with van der Waals surface area (Å²) in [6, 6.07) is 7.45. The fourth-order valence-corrected chi connectivity index (χ4v) is 3.78. The number of phenolic OH excluding ortho intramolecular Hbond substituents is 1. The average molecular weight is 351 g/mol. The van der Waals surface area contributed by atoms with Crippen molar-refractivity contribution in [2.45, 2.75) is 44.9 Å². The maximum atomic E-state index is 10.2. The SMILES string of the molecule is Cc1ccc(O)c(-c2nc(N)c(C#N)c(C3CCCCC(CN)C3)n2)c1. The van der Waals surface area contributed by atoms with Crippen LogP contribution in [-0.2, 0) is 0 Å². The van der Waals surface area contributed by atoms with E-state index in [2.05, 4.69) is 11.1 Å². The highest BCUT2D eigenvalue weighted by molar-refractivity contribution is 5.67. The molecule has 1 saturated carbocycles. The van der Waals surface area contributed by atoms with Crippen LogP contribution >= 0.6 is 0 Å². The first-order chi connectivity index (χ1) is 12.5. The molecule has 1 fully saturated rings. The zero-order valence-corrected chi connectivity index (χ0v) is 15.1. The summed E-state index contributed by atoms with van der Waals surface area (Å²) in [6.07, 6.45) is 5.20. The lowest BCUT2D eigenvalue weighted by Crippen LogP contribution is -2.17. The van der Waals surface area contributed by atoms with Crippen molar-refractivity contribution in [3.63, 3.8) is 0 Å². The minimum absolute atomic E-state index is 0.103. The predicted molar refractivity (Wildman–Crippen MR) is 101 cm³/mol. The summed E-state index contributed by atoms with van der Waals surface area (Å²) in [4.78, 5) is 8.99. The van der Waals surface area contributed by atoms with Crippen molar-refractivity contribution >= 4 is 5.82 Å². The minimum atomic E-state index is 0.103. The average Bonchev–Trinajstić information content (AvgIpc) is 2.88. The largest absolute Gasteiger partial charge is 0.507 e. The Labute approximate surface area is 153 Å². The van der Waals surface area contributed by atoms with E-state index in [1.54, 1.807) is 6.07 Å². The van der Waals surface area contributed by atoms with Gasteiger partial charge in [-0.2, -0.15) is 5.26 Å². The van der Waals surface area contributed by atoms with Gasteiger partial charge in [-0.3, -0.25) is 0 Å². The van der Waals surface area contributed by atoms with Crippen LogP contribution in [0, 0.1) is 24.2 Å². The third-order valence-corrected chi connectivity index (χ3v) is 5.22. The Balaban J connectivity index is 2.10.